The highest BCUT2D eigenvalue weighted by Crippen LogP contribution is 2.31. The molecule has 4 rings (SSSR count). The Kier molecular flexibility index (Phi) is 15.0. The zero-order valence-corrected chi connectivity index (χ0v) is 27.6. The normalized spacial score (nSPS) is 14.6. The third kappa shape index (κ3) is 11.6. The van der Waals surface area contributed by atoms with Gasteiger partial charge in [0.15, 0.2) is 0 Å². The molecule has 244 valence electrons. The minimum absolute atomic E-state index is 0.0552. The number of benzene rings is 4. The lowest BCUT2D eigenvalue weighted by Crippen LogP contribution is -2.43. The Morgan fingerprint density at radius 2 is 1.02 bits per heavy atom. The lowest BCUT2D eigenvalue weighted by Gasteiger charge is -2.38. The van der Waals surface area contributed by atoms with Crippen LogP contribution in [-0.4, -0.2) is 32.0 Å². The second-order valence-corrected chi connectivity index (χ2v) is 11.9. The Morgan fingerprint density at radius 3 is 1.52 bits per heavy atom. The zero-order valence-electron chi connectivity index (χ0n) is 27.6. The Balaban J connectivity index is 1.50. The predicted molar refractivity (Wildman–Crippen MR) is 185 cm³/mol. The standard InChI is InChI=1S/C41H50O5/c1-5-15-39(44-29-34-16-9-6-10-17-34)32(2)41(46-31-36-20-13-8-14-21-36)33(3)40(45-30-35-18-11-7-12-19-35)26-27-43-28-37-22-24-38(42-4)25-23-37/h5-14,16-25,32-33,39-41H,1,15,26-31H2,2-4H3/t32-,33-,39+,40-,41-/m0/s1. The van der Waals surface area contributed by atoms with Crippen LogP contribution < -0.4 is 4.74 Å². The fourth-order valence-electron chi connectivity index (χ4n) is 5.74. The molecule has 5 atom stereocenters. The van der Waals surface area contributed by atoms with Gasteiger partial charge in [0.25, 0.3) is 0 Å². The van der Waals surface area contributed by atoms with Crippen LogP contribution in [0.1, 0.15) is 48.9 Å². The smallest absolute Gasteiger partial charge is 0.118 e. The molecule has 5 nitrogen and oxygen atoms in total. The van der Waals surface area contributed by atoms with Crippen molar-refractivity contribution >= 4 is 0 Å². The van der Waals surface area contributed by atoms with E-state index in [4.69, 9.17) is 23.7 Å². The highest BCUT2D eigenvalue weighted by Gasteiger charge is 2.35. The Labute approximate surface area is 276 Å². The maximum atomic E-state index is 6.81. The molecule has 0 saturated carbocycles. The van der Waals surface area contributed by atoms with Crippen molar-refractivity contribution in [2.75, 3.05) is 13.7 Å². The van der Waals surface area contributed by atoms with Crippen molar-refractivity contribution < 1.29 is 23.7 Å². The van der Waals surface area contributed by atoms with Crippen LogP contribution in [0.2, 0.25) is 0 Å². The third-order valence-corrected chi connectivity index (χ3v) is 8.48. The van der Waals surface area contributed by atoms with Gasteiger partial charge in [-0.15, -0.1) is 6.58 Å². The van der Waals surface area contributed by atoms with E-state index in [1.807, 2.05) is 72.8 Å². The monoisotopic (exact) mass is 622 g/mol. The van der Waals surface area contributed by atoms with E-state index in [0.29, 0.717) is 33.0 Å². The second-order valence-electron chi connectivity index (χ2n) is 11.9. The summed E-state index contributed by atoms with van der Waals surface area (Å²) in [6, 6.07) is 39.0. The molecule has 0 spiro atoms. The third-order valence-electron chi connectivity index (χ3n) is 8.48. The Hall–Kier alpha value is -3.74. The average Bonchev–Trinajstić information content (AvgIpc) is 3.11. The minimum atomic E-state index is -0.136. The first kappa shape index (κ1) is 35.1. The van der Waals surface area contributed by atoms with Crippen LogP contribution in [0.5, 0.6) is 5.75 Å². The highest BCUT2D eigenvalue weighted by molar-refractivity contribution is 5.26. The van der Waals surface area contributed by atoms with E-state index in [-0.39, 0.29) is 30.1 Å². The molecule has 0 aromatic heterocycles. The van der Waals surface area contributed by atoms with Crippen LogP contribution in [-0.2, 0) is 45.4 Å². The molecule has 0 heterocycles. The van der Waals surface area contributed by atoms with Crippen molar-refractivity contribution in [2.24, 2.45) is 11.8 Å². The number of ether oxygens (including phenoxy) is 5. The maximum Gasteiger partial charge on any atom is 0.118 e. The van der Waals surface area contributed by atoms with Gasteiger partial charge in [-0.3, -0.25) is 0 Å². The van der Waals surface area contributed by atoms with Crippen molar-refractivity contribution in [3.8, 4) is 5.75 Å². The summed E-state index contributed by atoms with van der Waals surface area (Å²) in [4.78, 5) is 0. The van der Waals surface area contributed by atoms with Crippen molar-refractivity contribution in [1.29, 1.82) is 0 Å². The molecule has 0 amide bonds. The topological polar surface area (TPSA) is 46.2 Å². The number of hydrogen-bond acceptors (Lipinski definition) is 5. The molecule has 5 heteroatoms. The fraction of sp³-hybridized carbons (Fsp3) is 0.366. The van der Waals surface area contributed by atoms with Gasteiger partial charge in [0.1, 0.15) is 5.75 Å². The summed E-state index contributed by atoms with van der Waals surface area (Å²) in [5.74, 6) is 0.966. The Bertz CT molecular complexity index is 1360. The van der Waals surface area contributed by atoms with Gasteiger partial charge in [-0.25, -0.2) is 0 Å². The molecule has 0 aliphatic carbocycles. The van der Waals surface area contributed by atoms with Crippen molar-refractivity contribution in [1.82, 2.24) is 0 Å². The van der Waals surface area contributed by atoms with Gasteiger partial charge < -0.3 is 23.7 Å². The molecule has 0 unspecified atom stereocenters. The van der Waals surface area contributed by atoms with Crippen molar-refractivity contribution in [3.63, 3.8) is 0 Å². The number of rotatable bonds is 21. The average molecular weight is 623 g/mol. The summed E-state index contributed by atoms with van der Waals surface area (Å²) in [5, 5.41) is 0. The van der Waals surface area contributed by atoms with Crippen LogP contribution in [0, 0.1) is 11.8 Å². The zero-order chi connectivity index (χ0) is 32.4. The summed E-state index contributed by atoms with van der Waals surface area (Å²) in [5.41, 5.74) is 4.54. The molecule has 0 aliphatic heterocycles. The van der Waals surface area contributed by atoms with Crippen LogP contribution in [0.4, 0.5) is 0 Å². The Morgan fingerprint density at radius 1 is 0.565 bits per heavy atom. The molecular weight excluding hydrogens is 572 g/mol. The highest BCUT2D eigenvalue weighted by atomic mass is 16.5. The van der Waals surface area contributed by atoms with Crippen LogP contribution >= 0.6 is 0 Å². The molecular formula is C41H50O5. The van der Waals surface area contributed by atoms with Gasteiger partial charge in [0.2, 0.25) is 0 Å². The first-order valence-corrected chi connectivity index (χ1v) is 16.4. The van der Waals surface area contributed by atoms with Gasteiger partial charge in [-0.2, -0.15) is 0 Å². The van der Waals surface area contributed by atoms with E-state index < -0.39 is 0 Å². The first-order chi connectivity index (χ1) is 22.6. The van der Waals surface area contributed by atoms with E-state index in [9.17, 15) is 0 Å². The molecule has 0 fully saturated rings. The van der Waals surface area contributed by atoms with E-state index in [2.05, 4.69) is 69.0 Å². The van der Waals surface area contributed by atoms with E-state index >= 15 is 0 Å². The molecule has 0 N–H and O–H groups in total. The number of methoxy groups -OCH3 is 1. The lowest BCUT2D eigenvalue weighted by molar-refractivity contribution is -0.125. The van der Waals surface area contributed by atoms with Crippen molar-refractivity contribution in [2.45, 2.75) is 71.4 Å². The summed E-state index contributed by atoms with van der Waals surface area (Å²) >= 11 is 0. The first-order valence-electron chi connectivity index (χ1n) is 16.4. The largest absolute Gasteiger partial charge is 0.497 e. The molecule has 0 bridgehead atoms. The van der Waals surface area contributed by atoms with Crippen LogP contribution in [0.15, 0.2) is 128 Å². The van der Waals surface area contributed by atoms with E-state index in [1.54, 1.807) is 7.11 Å². The molecule has 0 radical (unpaired) electrons. The van der Waals surface area contributed by atoms with E-state index in [1.165, 1.54) is 0 Å². The van der Waals surface area contributed by atoms with E-state index in [0.717, 1.165) is 40.8 Å². The summed E-state index contributed by atoms with van der Waals surface area (Å²) in [6.45, 7) is 11.2. The van der Waals surface area contributed by atoms with Gasteiger partial charge in [-0.05, 0) is 47.2 Å². The predicted octanol–water partition coefficient (Wildman–Crippen LogP) is 9.21. The van der Waals surface area contributed by atoms with Crippen molar-refractivity contribution in [3.05, 3.63) is 150 Å². The quantitative estimate of drug-likeness (QED) is 0.0685. The van der Waals surface area contributed by atoms with Crippen LogP contribution in [0.25, 0.3) is 0 Å². The second kappa shape index (κ2) is 19.7. The molecule has 4 aromatic carbocycles. The molecule has 0 aliphatic rings. The van der Waals surface area contributed by atoms with Gasteiger partial charge >= 0.3 is 0 Å². The lowest BCUT2D eigenvalue weighted by atomic mass is 9.83. The molecule has 4 aromatic rings. The molecule has 0 saturated heterocycles. The summed E-state index contributed by atoms with van der Waals surface area (Å²) < 4.78 is 31.5. The maximum absolute atomic E-state index is 6.81. The summed E-state index contributed by atoms with van der Waals surface area (Å²) in [7, 11) is 1.68. The minimum Gasteiger partial charge on any atom is -0.497 e. The summed E-state index contributed by atoms with van der Waals surface area (Å²) in [6.07, 6.45) is 3.11. The fourth-order valence-corrected chi connectivity index (χ4v) is 5.74. The van der Waals surface area contributed by atoms with Gasteiger partial charge in [0, 0.05) is 18.4 Å². The SMILES string of the molecule is C=CC[C@@H](OCc1ccccc1)[C@H](C)[C@H](OCc1ccccc1)[C@@H](C)[C@H](CCOCc1ccc(OC)cc1)OCc1ccccc1. The van der Waals surface area contributed by atoms with Gasteiger partial charge in [0.05, 0.1) is 51.8 Å². The molecule has 46 heavy (non-hydrogen) atoms. The number of hydrogen-bond donors (Lipinski definition) is 0. The van der Waals surface area contributed by atoms with Crippen LogP contribution in [0.3, 0.4) is 0 Å². The van der Waals surface area contributed by atoms with Gasteiger partial charge in [-0.1, -0.05) is 123 Å².